The van der Waals surface area contributed by atoms with E-state index in [0.717, 1.165) is 30.4 Å². The van der Waals surface area contributed by atoms with E-state index in [9.17, 15) is 13.2 Å². The summed E-state index contributed by atoms with van der Waals surface area (Å²) in [6.07, 6.45) is -1.22. The Morgan fingerprint density at radius 3 is 2.42 bits per heavy atom. The second kappa shape index (κ2) is 6.52. The maximum absolute atomic E-state index is 12.6. The minimum atomic E-state index is -4.42. The fourth-order valence-corrected chi connectivity index (χ4v) is 2.50. The number of benzene rings is 1. The molecule has 24 heavy (non-hydrogen) atoms. The number of nitrogens with one attached hydrogen (secondary N) is 1. The third-order valence-corrected chi connectivity index (χ3v) is 3.64. The van der Waals surface area contributed by atoms with Gasteiger partial charge < -0.3 is 4.98 Å². The van der Waals surface area contributed by atoms with Crippen molar-refractivity contribution in [1.29, 1.82) is 0 Å². The number of nitrogens with zero attached hydrogens (tertiary/aromatic N) is 3. The van der Waals surface area contributed by atoms with Crippen LogP contribution in [0.25, 0.3) is 5.69 Å². The predicted molar refractivity (Wildman–Crippen MR) is 84.5 cm³/mol. The van der Waals surface area contributed by atoms with Gasteiger partial charge >= 0.3 is 6.18 Å². The van der Waals surface area contributed by atoms with Crippen LogP contribution in [0.1, 0.15) is 17.0 Å². The molecule has 0 saturated carbocycles. The maximum Gasteiger partial charge on any atom is 0.435 e. The van der Waals surface area contributed by atoms with Gasteiger partial charge in [0.05, 0.1) is 5.69 Å². The topological polar surface area (TPSA) is 36.9 Å². The van der Waals surface area contributed by atoms with Crippen LogP contribution in [0.2, 0.25) is 0 Å². The molecule has 3 rings (SSSR count). The van der Waals surface area contributed by atoms with Crippen LogP contribution >= 0.6 is 0 Å². The summed E-state index contributed by atoms with van der Waals surface area (Å²) in [5.74, 6) is 0. The molecule has 0 spiro atoms. The number of alkyl halides is 3. The van der Waals surface area contributed by atoms with Gasteiger partial charge in [0.15, 0.2) is 5.69 Å². The zero-order chi connectivity index (χ0) is 17.2. The van der Waals surface area contributed by atoms with Gasteiger partial charge in [-0.2, -0.15) is 18.3 Å². The van der Waals surface area contributed by atoms with E-state index < -0.39 is 11.9 Å². The predicted octanol–water partition coefficient (Wildman–Crippen LogP) is 3.85. The Labute approximate surface area is 137 Å². The minimum absolute atomic E-state index is 0.598. The lowest BCUT2D eigenvalue weighted by Gasteiger charge is -2.16. The zero-order valence-corrected chi connectivity index (χ0v) is 13.1. The van der Waals surface area contributed by atoms with Gasteiger partial charge in [0.25, 0.3) is 0 Å². The summed E-state index contributed by atoms with van der Waals surface area (Å²) in [6.45, 7) is 1.54. The van der Waals surface area contributed by atoms with E-state index in [1.165, 1.54) is 10.9 Å². The van der Waals surface area contributed by atoms with Crippen LogP contribution < -0.4 is 0 Å². The highest BCUT2D eigenvalue weighted by Gasteiger charge is 2.33. The van der Waals surface area contributed by atoms with E-state index in [4.69, 9.17) is 0 Å². The molecular weight excluding hydrogens is 317 g/mol. The van der Waals surface area contributed by atoms with Crippen LogP contribution in [0.5, 0.6) is 0 Å². The summed E-state index contributed by atoms with van der Waals surface area (Å²) < 4.78 is 39.0. The van der Waals surface area contributed by atoms with Gasteiger partial charge in [-0.25, -0.2) is 4.68 Å². The van der Waals surface area contributed by atoms with Gasteiger partial charge in [-0.05, 0) is 42.9 Å². The maximum atomic E-state index is 12.6. The number of aromatic nitrogens is 3. The zero-order valence-electron chi connectivity index (χ0n) is 13.1. The van der Waals surface area contributed by atoms with Crippen LogP contribution in [-0.2, 0) is 19.3 Å². The molecule has 1 aromatic carbocycles. The molecule has 0 aliphatic rings. The number of halogens is 3. The van der Waals surface area contributed by atoms with E-state index in [0.29, 0.717) is 5.69 Å². The third-order valence-electron chi connectivity index (χ3n) is 3.64. The molecule has 0 radical (unpaired) electrons. The molecule has 0 amide bonds. The summed E-state index contributed by atoms with van der Waals surface area (Å²) in [7, 11) is 2.01. The molecule has 7 heteroatoms. The summed E-state index contributed by atoms with van der Waals surface area (Å²) >= 11 is 0. The molecule has 2 aromatic heterocycles. The smallest absolute Gasteiger partial charge is 0.364 e. The first-order valence-electron chi connectivity index (χ1n) is 7.45. The highest BCUT2D eigenvalue weighted by molar-refractivity contribution is 5.34. The first-order chi connectivity index (χ1) is 11.4. The van der Waals surface area contributed by atoms with Crippen molar-refractivity contribution in [1.82, 2.24) is 19.7 Å². The standard InChI is InChI=1S/C17H17F3N4/c1-23(12-14-3-2-9-21-14)11-13-4-6-15(7-5-13)24-10-8-16(22-24)17(18,19)20/h2-10,21H,11-12H2,1H3. The highest BCUT2D eigenvalue weighted by Crippen LogP contribution is 2.27. The molecule has 1 N–H and O–H groups in total. The van der Waals surface area contributed by atoms with Gasteiger partial charge in [-0.1, -0.05) is 12.1 Å². The normalized spacial score (nSPS) is 12.0. The van der Waals surface area contributed by atoms with Gasteiger partial charge in [-0.3, -0.25) is 4.90 Å². The average molecular weight is 334 g/mol. The van der Waals surface area contributed by atoms with Crippen molar-refractivity contribution in [2.75, 3.05) is 7.05 Å². The number of rotatable bonds is 5. The molecule has 3 aromatic rings. The van der Waals surface area contributed by atoms with Crippen molar-refractivity contribution in [3.63, 3.8) is 0 Å². The van der Waals surface area contributed by atoms with Crippen molar-refractivity contribution in [3.05, 3.63) is 71.8 Å². The Hall–Kier alpha value is -2.54. The van der Waals surface area contributed by atoms with Crippen LogP contribution in [0.3, 0.4) is 0 Å². The largest absolute Gasteiger partial charge is 0.435 e. The minimum Gasteiger partial charge on any atom is -0.364 e. The van der Waals surface area contributed by atoms with Crippen molar-refractivity contribution < 1.29 is 13.2 Å². The summed E-state index contributed by atoms with van der Waals surface area (Å²) in [6, 6.07) is 12.3. The van der Waals surface area contributed by atoms with E-state index in [-0.39, 0.29) is 0 Å². The number of hydrogen-bond donors (Lipinski definition) is 1. The van der Waals surface area contributed by atoms with Gasteiger partial charge in [0, 0.05) is 31.2 Å². The summed E-state index contributed by atoms with van der Waals surface area (Å²) in [5, 5.41) is 3.57. The van der Waals surface area contributed by atoms with E-state index >= 15 is 0 Å². The molecule has 0 atom stereocenters. The number of H-pyrrole nitrogens is 1. The lowest BCUT2D eigenvalue weighted by Crippen LogP contribution is -2.17. The fourth-order valence-electron chi connectivity index (χ4n) is 2.50. The molecule has 0 aliphatic carbocycles. The van der Waals surface area contributed by atoms with Crippen LogP contribution in [0.15, 0.2) is 54.9 Å². The lowest BCUT2D eigenvalue weighted by atomic mass is 10.2. The Morgan fingerprint density at radius 1 is 1.08 bits per heavy atom. The highest BCUT2D eigenvalue weighted by atomic mass is 19.4. The summed E-state index contributed by atoms with van der Waals surface area (Å²) in [4.78, 5) is 5.30. The Kier molecular flexibility index (Phi) is 4.44. The molecular formula is C17H17F3N4. The Morgan fingerprint density at radius 2 is 1.83 bits per heavy atom. The van der Waals surface area contributed by atoms with Crippen LogP contribution in [0.4, 0.5) is 13.2 Å². The lowest BCUT2D eigenvalue weighted by molar-refractivity contribution is -0.141. The molecule has 2 heterocycles. The molecule has 0 fully saturated rings. The molecule has 0 aliphatic heterocycles. The number of hydrogen-bond acceptors (Lipinski definition) is 2. The Bertz CT molecular complexity index is 773. The summed E-state index contributed by atoms with van der Waals surface area (Å²) in [5.41, 5.74) is 1.92. The van der Waals surface area contributed by atoms with Gasteiger partial charge in [0.1, 0.15) is 0 Å². The van der Waals surface area contributed by atoms with Gasteiger partial charge in [-0.15, -0.1) is 0 Å². The molecule has 126 valence electrons. The second-order valence-corrected chi connectivity index (χ2v) is 5.68. The second-order valence-electron chi connectivity index (χ2n) is 5.68. The van der Waals surface area contributed by atoms with E-state index in [2.05, 4.69) is 15.0 Å². The van der Waals surface area contributed by atoms with Crippen LogP contribution in [-0.4, -0.2) is 26.7 Å². The van der Waals surface area contributed by atoms with Crippen molar-refractivity contribution in [3.8, 4) is 5.69 Å². The SMILES string of the molecule is CN(Cc1ccc(-n2ccc(C(F)(F)F)n2)cc1)Cc1ccc[nH]1. The number of aromatic amines is 1. The van der Waals surface area contributed by atoms with Crippen molar-refractivity contribution in [2.45, 2.75) is 19.3 Å². The monoisotopic (exact) mass is 334 g/mol. The average Bonchev–Trinajstić information content (AvgIpc) is 3.18. The van der Waals surface area contributed by atoms with Crippen molar-refractivity contribution >= 4 is 0 Å². The third kappa shape index (κ3) is 3.86. The fraction of sp³-hybridized carbons (Fsp3) is 0.235. The Balaban J connectivity index is 1.66. The first kappa shape index (κ1) is 16.3. The van der Waals surface area contributed by atoms with Crippen molar-refractivity contribution in [2.24, 2.45) is 0 Å². The van der Waals surface area contributed by atoms with E-state index in [1.54, 1.807) is 12.1 Å². The molecule has 4 nitrogen and oxygen atoms in total. The molecule has 0 bridgehead atoms. The van der Waals surface area contributed by atoms with Gasteiger partial charge in [0.2, 0.25) is 0 Å². The molecule has 0 saturated heterocycles. The molecule has 0 unspecified atom stereocenters. The first-order valence-corrected chi connectivity index (χ1v) is 7.45. The quantitative estimate of drug-likeness (QED) is 0.769. The van der Waals surface area contributed by atoms with E-state index in [1.807, 2.05) is 37.5 Å². The van der Waals surface area contributed by atoms with Crippen LogP contribution in [0, 0.1) is 0 Å².